The lowest BCUT2D eigenvalue weighted by Crippen LogP contribution is -2.32. The second-order valence-electron chi connectivity index (χ2n) is 5.69. The molecule has 1 aromatic carbocycles. The van der Waals surface area contributed by atoms with Crippen molar-refractivity contribution in [2.45, 2.75) is 32.9 Å². The number of para-hydroxylation sites is 1. The molecule has 0 aliphatic rings. The van der Waals surface area contributed by atoms with Gasteiger partial charge in [-0.05, 0) is 32.0 Å². The molecular weight excluding hydrogens is 326 g/mol. The minimum absolute atomic E-state index is 0.0317. The van der Waals surface area contributed by atoms with Gasteiger partial charge in [0.15, 0.2) is 0 Å². The van der Waals surface area contributed by atoms with E-state index in [4.69, 9.17) is 0 Å². The number of benzene rings is 1. The zero-order valence-electron chi connectivity index (χ0n) is 13.7. The van der Waals surface area contributed by atoms with Gasteiger partial charge in [0.1, 0.15) is 0 Å². The SMILES string of the molecule is CC(C)NC(=O)CCNCc1ccc(-c2ccccc2[N+](=O)[O-])s1. The average molecular weight is 347 g/mol. The first kappa shape index (κ1) is 18.1. The lowest BCUT2D eigenvalue weighted by molar-refractivity contribution is -0.384. The summed E-state index contributed by atoms with van der Waals surface area (Å²) in [6.07, 6.45) is 0.431. The number of hydrogen-bond donors (Lipinski definition) is 2. The molecule has 0 atom stereocenters. The van der Waals surface area contributed by atoms with Crippen molar-refractivity contribution in [3.05, 3.63) is 51.4 Å². The Morgan fingerprint density at radius 3 is 2.71 bits per heavy atom. The summed E-state index contributed by atoms with van der Waals surface area (Å²) in [5.41, 5.74) is 0.749. The fraction of sp³-hybridized carbons (Fsp3) is 0.353. The van der Waals surface area contributed by atoms with Crippen LogP contribution in [0.2, 0.25) is 0 Å². The third-order valence-corrected chi connectivity index (χ3v) is 4.42. The molecular formula is C17H21N3O3S. The Kier molecular flexibility index (Phi) is 6.45. The maximum atomic E-state index is 11.5. The number of nitrogens with zero attached hydrogens (tertiary/aromatic N) is 1. The summed E-state index contributed by atoms with van der Waals surface area (Å²) in [6, 6.07) is 10.7. The van der Waals surface area contributed by atoms with Crippen LogP contribution in [0.4, 0.5) is 5.69 Å². The maximum Gasteiger partial charge on any atom is 0.278 e. The van der Waals surface area contributed by atoms with Gasteiger partial charge in [-0.3, -0.25) is 14.9 Å². The predicted octanol–water partition coefficient (Wildman–Crippen LogP) is 3.33. The molecule has 1 aromatic heterocycles. The van der Waals surface area contributed by atoms with Crippen LogP contribution in [0, 0.1) is 10.1 Å². The van der Waals surface area contributed by atoms with Crippen molar-refractivity contribution in [2.24, 2.45) is 0 Å². The lowest BCUT2D eigenvalue weighted by atomic mass is 10.1. The Hall–Kier alpha value is -2.25. The molecule has 1 heterocycles. The molecule has 0 aliphatic heterocycles. The summed E-state index contributed by atoms with van der Waals surface area (Å²) < 4.78 is 0. The molecule has 128 valence electrons. The number of nitro benzene ring substituents is 1. The van der Waals surface area contributed by atoms with Gasteiger partial charge in [0.25, 0.3) is 5.69 Å². The number of hydrogen-bond acceptors (Lipinski definition) is 5. The van der Waals surface area contributed by atoms with Crippen LogP contribution in [-0.4, -0.2) is 23.4 Å². The third-order valence-electron chi connectivity index (χ3n) is 3.31. The van der Waals surface area contributed by atoms with Gasteiger partial charge in [-0.2, -0.15) is 0 Å². The van der Waals surface area contributed by atoms with Crippen molar-refractivity contribution in [2.75, 3.05) is 6.54 Å². The molecule has 0 fully saturated rings. The van der Waals surface area contributed by atoms with Gasteiger partial charge in [-0.25, -0.2) is 0 Å². The topological polar surface area (TPSA) is 84.3 Å². The Morgan fingerprint density at radius 1 is 1.25 bits per heavy atom. The number of rotatable bonds is 8. The Balaban J connectivity index is 1.90. The fourth-order valence-electron chi connectivity index (χ4n) is 2.27. The van der Waals surface area contributed by atoms with Crippen LogP contribution in [0.1, 0.15) is 25.1 Å². The molecule has 1 amide bonds. The summed E-state index contributed by atoms with van der Waals surface area (Å²) in [4.78, 5) is 24.2. The Labute approximate surface area is 145 Å². The van der Waals surface area contributed by atoms with Crippen LogP contribution in [0.3, 0.4) is 0 Å². The standard InChI is InChI=1S/C17H21N3O3S/c1-12(2)19-17(21)9-10-18-11-13-7-8-16(24-13)14-5-3-4-6-15(14)20(22)23/h3-8,12,18H,9-11H2,1-2H3,(H,19,21). The number of nitrogens with one attached hydrogen (secondary N) is 2. The maximum absolute atomic E-state index is 11.5. The molecule has 2 aromatic rings. The van der Waals surface area contributed by atoms with Crippen LogP contribution in [-0.2, 0) is 11.3 Å². The highest BCUT2D eigenvalue weighted by molar-refractivity contribution is 7.15. The molecule has 2 rings (SSSR count). The molecule has 0 radical (unpaired) electrons. The third kappa shape index (κ3) is 5.14. The fourth-order valence-corrected chi connectivity index (χ4v) is 3.28. The second-order valence-corrected chi connectivity index (χ2v) is 6.86. The first-order valence-electron chi connectivity index (χ1n) is 7.80. The van der Waals surface area contributed by atoms with Crippen LogP contribution >= 0.6 is 11.3 Å². The number of carbonyl (C=O) groups is 1. The summed E-state index contributed by atoms with van der Waals surface area (Å²) in [6.45, 7) is 5.10. The van der Waals surface area contributed by atoms with Gasteiger partial charge in [-0.1, -0.05) is 12.1 Å². The van der Waals surface area contributed by atoms with Gasteiger partial charge in [0.05, 0.1) is 10.5 Å². The number of amides is 1. The normalized spacial score (nSPS) is 10.8. The summed E-state index contributed by atoms with van der Waals surface area (Å²) in [5.74, 6) is 0.0317. The zero-order valence-corrected chi connectivity index (χ0v) is 14.6. The monoisotopic (exact) mass is 347 g/mol. The van der Waals surface area contributed by atoms with Crippen molar-refractivity contribution >= 4 is 22.9 Å². The van der Waals surface area contributed by atoms with Crippen LogP contribution < -0.4 is 10.6 Å². The predicted molar refractivity (Wildman–Crippen MR) is 96.0 cm³/mol. The van der Waals surface area contributed by atoms with Crippen molar-refractivity contribution in [1.82, 2.24) is 10.6 Å². The van der Waals surface area contributed by atoms with Crippen LogP contribution in [0.15, 0.2) is 36.4 Å². The van der Waals surface area contributed by atoms with Gasteiger partial charge in [0.2, 0.25) is 5.91 Å². The van der Waals surface area contributed by atoms with E-state index in [0.29, 0.717) is 25.1 Å². The van der Waals surface area contributed by atoms with E-state index in [-0.39, 0.29) is 22.6 Å². The quantitative estimate of drug-likeness (QED) is 0.436. The highest BCUT2D eigenvalue weighted by Crippen LogP contribution is 2.34. The Bertz CT molecular complexity index is 713. The van der Waals surface area contributed by atoms with E-state index in [1.54, 1.807) is 18.2 Å². The first-order chi connectivity index (χ1) is 11.5. The minimum Gasteiger partial charge on any atom is -0.354 e. The van der Waals surface area contributed by atoms with Gasteiger partial charge < -0.3 is 10.6 Å². The molecule has 0 saturated carbocycles. The average Bonchev–Trinajstić information content (AvgIpc) is 2.99. The van der Waals surface area contributed by atoms with Gasteiger partial charge in [0, 0.05) is 41.4 Å². The molecule has 2 N–H and O–H groups in total. The van der Waals surface area contributed by atoms with Gasteiger partial charge in [-0.15, -0.1) is 11.3 Å². The summed E-state index contributed by atoms with van der Waals surface area (Å²) in [5, 5.41) is 17.2. The highest BCUT2D eigenvalue weighted by Gasteiger charge is 2.15. The minimum atomic E-state index is -0.361. The van der Waals surface area contributed by atoms with Crippen molar-refractivity contribution in [1.29, 1.82) is 0 Å². The van der Waals surface area contributed by atoms with Crippen LogP contribution in [0.5, 0.6) is 0 Å². The first-order valence-corrected chi connectivity index (χ1v) is 8.61. The zero-order chi connectivity index (χ0) is 17.5. The molecule has 7 heteroatoms. The van der Waals surface area contributed by atoms with E-state index in [1.807, 2.05) is 26.0 Å². The molecule has 0 bridgehead atoms. The molecule has 0 unspecified atom stereocenters. The summed E-state index contributed by atoms with van der Waals surface area (Å²) >= 11 is 1.52. The number of nitro groups is 1. The lowest BCUT2D eigenvalue weighted by Gasteiger charge is -2.08. The molecule has 0 spiro atoms. The largest absolute Gasteiger partial charge is 0.354 e. The van der Waals surface area contributed by atoms with E-state index in [0.717, 1.165) is 9.75 Å². The molecule has 24 heavy (non-hydrogen) atoms. The van der Waals surface area contributed by atoms with E-state index in [9.17, 15) is 14.9 Å². The van der Waals surface area contributed by atoms with Crippen molar-refractivity contribution in [3.8, 4) is 10.4 Å². The van der Waals surface area contributed by atoms with E-state index < -0.39 is 0 Å². The second kappa shape index (κ2) is 8.56. The van der Waals surface area contributed by atoms with Gasteiger partial charge >= 0.3 is 0 Å². The number of thiophene rings is 1. The number of carbonyl (C=O) groups excluding carboxylic acids is 1. The van der Waals surface area contributed by atoms with E-state index in [2.05, 4.69) is 10.6 Å². The summed E-state index contributed by atoms with van der Waals surface area (Å²) in [7, 11) is 0. The van der Waals surface area contributed by atoms with Crippen molar-refractivity contribution in [3.63, 3.8) is 0 Å². The van der Waals surface area contributed by atoms with E-state index >= 15 is 0 Å². The van der Waals surface area contributed by atoms with E-state index in [1.165, 1.54) is 17.4 Å². The molecule has 0 aliphatic carbocycles. The van der Waals surface area contributed by atoms with Crippen molar-refractivity contribution < 1.29 is 9.72 Å². The smallest absolute Gasteiger partial charge is 0.278 e. The van der Waals surface area contributed by atoms with Crippen LogP contribution in [0.25, 0.3) is 10.4 Å². The highest BCUT2D eigenvalue weighted by atomic mass is 32.1. The molecule has 6 nitrogen and oxygen atoms in total. The Morgan fingerprint density at radius 2 is 2.00 bits per heavy atom. The molecule has 0 saturated heterocycles.